The summed E-state index contributed by atoms with van der Waals surface area (Å²) < 4.78 is 8.82. The molecule has 0 radical (unpaired) electrons. The SMILES string of the molecule is CCOC(=O)[C+]=C([O-])OCC. The second kappa shape index (κ2) is 5.50. The Kier molecular flexibility index (Phi) is 4.86. The molecule has 0 saturated carbocycles. The topological polar surface area (TPSA) is 58.6 Å². The highest BCUT2D eigenvalue weighted by Crippen LogP contribution is 1.87. The second-order valence-corrected chi connectivity index (χ2v) is 1.57. The van der Waals surface area contributed by atoms with Crippen molar-refractivity contribution >= 4 is 5.97 Å². The summed E-state index contributed by atoms with van der Waals surface area (Å²) in [5, 5.41) is 10.5. The van der Waals surface area contributed by atoms with E-state index in [1.807, 2.05) is 6.08 Å². The molecule has 62 valence electrons. The standard InChI is InChI=1S/C7H10O4/c1-3-10-6(8)5-7(9)11-4-2/h3-4H2,1-2H3. The van der Waals surface area contributed by atoms with Crippen molar-refractivity contribution in [2.45, 2.75) is 13.8 Å². The number of hydrogen-bond donors (Lipinski definition) is 0. The smallest absolute Gasteiger partial charge is 0.575 e. The summed E-state index contributed by atoms with van der Waals surface area (Å²) in [7, 11) is 0. The van der Waals surface area contributed by atoms with Gasteiger partial charge in [-0.1, -0.05) is 6.92 Å². The normalized spacial score (nSPS) is 10.2. The third-order valence-corrected chi connectivity index (χ3v) is 0.755. The summed E-state index contributed by atoms with van der Waals surface area (Å²) in [6, 6.07) is 0. The van der Waals surface area contributed by atoms with Crippen molar-refractivity contribution in [3.63, 3.8) is 0 Å². The van der Waals surface area contributed by atoms with Crippen LogP contribution in [0.3, 0.4) is 0 Å². The van der Waals surface area contributed by atoms with Crippen LogP contribution in [0.5, 0.6) is 0 Å². The van der Waals surface area contributed by atoms with Gasteiger partial charge in [-0.25, -0.2) is 0 Å². The van der Waals surface area contributed by atoms with Crippen LogP contribution in [0.15, 0.2) is 5.95 Å². The minimum absolute atomic E-state index is 0.227. The van der Waals surface area contributed by atoms with E-state index in [4.69, 9.17) is 0 Å². The number of esters is 1. The van der Waals surface area contributed by atoms with Crippen molar-refractivity contribution in [2.24, 2.45) is 0 Å². The minimum atomic E-state index is -0.786. The minimum Gasteiger partial charge on any atom is -0.575 e. The molecule has 11 heavy (non-hydrogen) atoms. The summed E-state index contributed by atoms with van der Waals surface area (Å²) in [4.78, 5) is 10.5. The molecule has 0 heterocycles. The van der Waals surface area contributed by atoms with Crippen LogP contribution in [0.2, 0.25) is 0 Å². The van der Waals surface area contributed by atoms with E-state index in [0.29, 0.717) is 0 Å². The van der Waals surface area contributed by atoms with Gasteiger partial charge in [-0.05, 0) is 13.5 Å². The third-order valence-electron chi connectivity index (χ3n) is 0.755. The molecule has 0 unspecified atom stereocenters. The molecule has 0 aliphatic heterocycles. The van der Waals surface area contributed by atoms with Gasteiger partial charge in [0.1, 0.15) is 0 Å². The lowest BCUT2D eigenvalue weighted by molar-refractivity contribution is -0.357. The molecule has 0 saturated heterocycles. The Bertz CT molecular complexity index is 151. The van der Waals surface area contributed by atoms with Crippen LogP contribution in [-0.4, -0.2) is 19.2 Å². The molecule has 0 aromatic carbocycles. The van der Waals surface area contributed by atoms with Gasteiger partial charge < -0.3 is 14.6 Å². The van der Waals surface area contributed by atoms with Crippen molar-refractivity contribution in [2.75, 3.05) is 13.2 Å². The zero-order valence-electron chi connectivity index (χ0n) is 6.55. The Labute approximate surface area is 65.4 Å². The fraction of sp³-hybridized carbons (Fsp3) is 0.571. The highest BCUT2D eigenvalue weighted by Gasteiger charge is 2.14. The first-order valence-corrected chi connectivity index (χ1v) is 3.31. The van der Waals surface area contributed by atoms with Crippen molar-refractivity contribution in [1.29, 1.82) is 0 Å². The van der Waals surface area contributed by atoms with Gasteiger partial charge in [-0.15, -0.1) is 0 Å². The van der Waals surface area contributed by atoms with Crippen molar-refractivity contribution < 1.29 is 19.4 Å². The first-order chi connectivity index (χ1) is 5.20. The van der Waals surface area contributed by atoms with Crippen molar-refractivity contribution in [1.82, 2.24) is 0 Å². The third kappa shape index (κ3) is 5.18. The highest BCUT2D eigenvalue weighted by molar-refractivity contribution is 5.77. The van der Waals surface area contributed by atoms with Gasteiger partial charge in [0.15, 0.2) is 0 Å². The Balaban J connectivity index is 3.76. The summed E-state index contributed by atoms with van der Waals surface area (Å²) in [6.07, 6.45) is 1.86. The predicted molar refractivity (Wildman–Crippen MR) is 35.0 cm³/mol. The van der Waals surface area contributed by atoms with Crippen LogP contribution < -0.4 is 5.11 Å². The van der Waals surface area contributed by atoms with Gasteiger partial charge >= 0.3 is 18.0 Å². The number of hydrogen-bond acceptors (Lipinski definition) is 4. The molecular weight excluding hydrogens is 148 g/mol. The van der Waals surface area contributed by atoms with E-state index in [1.165, 1.54) is 0 Å². The molecule has 0 aromatic rings. The summed E-state index contributed by atoms with van der Waals surface area (Å²) in [6.45, 7) is 3.74. The largest absolute Gasteiger partial charge is 0.591 e. The van der Waals surface area contributed by atoms with Crippen LogP contribution in [0.4, 0.5) is 0 Å². The van der Waals surface area contributed by atoms with E-state index in [9.17, 15) is 9.90 Å². The quantitative estimate of drug-likeness (QED) is 0.241. The van der Waals surface area contributed by atoms with Crippen LogP contribution in [0.25, 0.3) is 0 Å². The Morgan fingerprint density at radius 3 is 2.36 bits per heavy atom. The van der Waals surface area contributed by atoms with Gasteiger partial charge in [-0.3, -0.25) is 0 Å². The Morgan fingerprint density at radius 2 is 1.91 bits per heavy atom. The van der Waals surface area contributed by atoms with E-state index < -0.39 is 11.9 Å². The fourth-order valence-corrected chi connectivity index (χ4v) is 0.418. The van der Waals surface area contributed by atoms with Gasteiger partial charge in [0.25, 0.3) is 0 Å². The molecule has 0 N–H and O–H groups in total. The number of carbonyl (C=O) groups is 1. The summed E-state index contributed by atoms with van der Waals surface area (Å²) in [5.74, 6) is -1.57. The van der Waals surface area contributed by atoms with Gasteiger partial charge in [-0.2, -0.15) is 4.79 Å². The van der Waals surface area contributed by atoms with Crippen LogP contribution in [-0.2, 0) is 14.3 Å². The van der Waals surface area contributed by atoms with E-state index >= 15 is 0 Å². The first kappa shape index (κ1) is 9.72. The zero-order valence-corrected chi connectivity index (χ0v) is 6.55. The van der Waals surface area contributed by atoms with Gasteiger partial charge in [0, 0.05) is 0 Å². The van der Waals surface area contributed by atoms with Crippen molar-refractivity contribution in [3.05, 3.63) is 12.0 Å². The maximum absolute atomic E-state index is 10.5. The summed E-state index contributed by atoms with van der Waals surface area (Å²) >= 11 is 0. The Morgan fingerprint density at radius 1 is 1.36 bits per heavy atom. The van der Waals surface area contributed by atoms with E-state index in [1.54, 1.807) is 13.8 Å². The molecule has 0 fully saturated rings. The lowest BCUT2D eigenvalue weighted by Crippen LogP contribution is -2.12. The molecule has 0 aliphatic carbocycles. The Hall–Kier alpha value is -1.28. The van der Waals surface area contributed by atoms with E-state index in [2.05, 4.69) is 9.47 Å². The molecule has 0 bridgehead atoms. The lowest BCUT2D eigenvalue weighted by atomic mass is 10.6. The van der Waals surface area contributed by atoms with Crippen LogP contribution in [0, 0.1) is 6.08 Å². The molecular formula is C7H10O4. The second-order valence-electron chi connectivity index (χ2n) is 1.57. The molecule has 0 aromatic heterocycles. The molecule has 4 heteroatoms. The van der Waals surface area contributed by atoms with E-state index in [0.717, 1.165) is 0 Å². The fourth-order valence-electron chi connectivity index (χ4n) is 0.418. The molecule has 0 aliphatic rings. The molecule has 0 rings (SSSR count). The molecule has 4 nitrogen and oxygen atoms in total. The molecule has 0 spiro atoms. The maximum atomic E-state index is 10.5. The summed E-state index contributed by atoms with van der Waals surface area (Å²) in [5.41, 5.74) is 0. The molecule has 0 atom stereocenters. The van der Waals surface area contributed by atoms with E-state index in [-0.39, 0.29) is 13.2 Å². The lowest BCUT2D eigenvalue weighted by Gasteiger charge is -1.99. The van der Waals surface area contributed by atoms with Crippen LogP contribution >= 0.6 is 0 Å². The number of ether oxygens (including phenoxy) is 2. The average molecular weight is 158 g/mol. The molecule has 0 amide bonds. The highest BCUT2D eigenvalue weighted by atomic mass is 16.6. The monoisotopic (exact) mass is 158 g/mol. The number of carbonyl (C=O) groups excluding carboxylic acids is 1. The van der Waals surface area contributed by atoms with Crippen molar-refractivity contribution in [3.8, 4) is 0 Å². The van der Waals surface area contributed by atoms with Gasteiger partial charge in [0.05, 0.1) is 6.61 Å². The number of rotatable bonds is 4. The first-order valence-electron chi connectivity index (χ1n) is 3.31. The van der Waals surface area contributed by atoms with Gasteiger partial charge in [0.2, 0.25) is 0 Å². The zero-order chi connectivity index (χ0) is 8.69. The average Bonchev–Trinajstić information content (AvgIpc) is 1.87. The maximum Gasteiger partial charge on any atom is 0.591 e. The van der Waals surface area contributed by atoms with Crippen LogP contribution in [0.1, 0.15) is 13.8 Å². The predicted octanol–water partition coefficient (Wildman–Crippen LogP) is -0.409.